The second-order valence-electron chi connectivity index (χ2n) is 4.89. The molecule has 2 rings (SSSR count). The minimum Gasteiger partial charge on any atom is -0.492 e. The van der Waals surface area contributed by atoms with Crippen molar-refractivity contribution in [3.05, 3.63) is 24.3 Å². The smallest absolute Gasteiger partial charge is 0.215 e. The second kappa shape index (κ2) is 6.20. The predicted octanol–water partition coefficient (Wildman–Crippen LogP) is -0.246. The van der Waals surface area contributed by atoms with Gasteiger partial charge in [0.2, 0.25) is 10.0 Å². The molecule has 1 aliphatic rings. The zero-order valence-electron chi connectivity index (χ0n) is 11.4. The molecule has 0 amide bonds. The molecule has 7 nitrogen and oxygen atoms in total. The topological polar surface area (TPSA) is 116 Å². The first-order valence-corrected chi connectivity index (χ1v) is 9.82. The van der Waals surface area contributed by atoms with Crippen molar-refractivity contribution in [2.75, 3.05) is 30.4 Å². The van der Waals surface area contributed by atoms with Gasteiger partial charge in [-0.25, -0.2) is 21.6 Å². The fourth-order valence-corrected chi connectivity index (χ4v) is 6.14. The molecule has 0 saturated carbocycles. The third-order valence-corrected chi connectivity index (χ3v) is 7.03. The number of hydrogen-bond acceptors (Lipinski definition) is 6. The fraction of sp³-hybridized carbons (Fsp3) is 0.500. The number of sulfonamides is 1. The van der Waals surface area contributed by atoms with E-state index in [1.54, 1.807) is 24.3 Å². The van der Waals surface area contributed by atoms with Crippen molar-refractivity contribution >= 4 is 25.5 Å². The van der Waals surface area contributed by atoms with Crippen LogP contribution in [0.4, 0.5) is 5.69 Å². The molecular formula is C12H18N2O5S2. The minimum absolute atomic E-state index is 0.0711. The summed E-state index contributed by atoms with van der Waals surface area (Å²) in [6.45, 7) is 0.218. The number of nitrogens with one attached hydrogen (secondary N) is 1. The number of rotatable bonds is 6. The first-order chi connectivity index (χ1) is 9.78. The van der Waals surface area contributed by atoms with Crippen LogP contribution in [0.15, 0.2) is 24.3 Å². The number of hydrogen-bond donors (Lipinski definition) is 2. The van der Waals surface area contributed by atoms with Crippen LogP contribution in [0.5, 0.6) is 5.75 Å². The van der Waals surface area contributed by atoms with Crippen molar-refractivity contribution in [1.82, 2.24) is 4.72 Å². The molecule has 1 saturated heterocycles. The van der Waals surface area contributed by atoms with Gasteiger partial charge in [-0.05, 0) is 18.6 Å². The monoisotopic (exact) mass is 334 g/mol. The van der Waals surface area contributed by atoms with E-state index in [0.29, 0.717) is 11.4 Å². The van der Waals surface area contributed by atoms with E-state index >= 15 is 0 Å². The Labute approximate surface area is 124 Å². The maximum Gasteiger partial charge on any atom is 0.215 e. The van der Waals surface area contributed by atoms with E-state index in [0.717, 1.165) is 0 Å². The molecule has 1 heterocycles. The van der Waals surface area contributed by atoms with Gasteiger partial charge in [0.15, 0.2) is 9.84 Å². The van der Waals surface area contributed by atoms with Crippen LogP contribution in [0.2, 0.25) is 0 Å². The summed E-state index contributed by atoms with van der Waals surface area (Å²) in [6, 6.07) is 6.81. The molecule has 0 aliphatic carbocycles. The molecule has 1 aliphatic heterocycles. The van der Waals surface area contributed by atoms with E-state index in [4.69, 9.17) is 10.5 Å². The Bertz CT molecular complexity index is 700. The van der Waals surface area contributed by atoms with E-state index < -0.39 is 25.1 Å². The maximum atomic E-state index is 11.9. The van der Waals surface area contributed by atoms with Crippen molar-refractivity contribution in [2.45, 2.75) is 11.7 Å². The van der Waals surface area contributed by atoms with Gasteiger partial charge < -0.3 is 10.5 Å². The molecular weight excluding hydrogens is 316 g/mol. The fourth-order valence-electron chi connectivity index (χ4n) is 2.08. The van der Waals surface area contributed by atoms with Crippen molar-refractivity contribution in [3.63, 3.8) is 0 Å². The van der Waals surface area contributed by atoms with Crippen LogP contribution in [0, 0.1) is 0 Å². The standard InChI is InChI=1S/C12H18N2O5S2/c13-10-2-1-3-11(8-10)19-6-5-14-21(17,18)12-4-7-20(15,16)9-12/h1-3,8,12,14H,4-7,9,13H2. The maximum absolute atomic E-state index is 11.9. The zero-order valence-corrected chi connectivity index (χ0v) is 13.0. The number of benzene rings is 1. The normalized spacial score (nSPS) is 21.2. The summed E-state index contributed by atoms with van der Waals surface area (Å²) >= 11 is 0. The SMILES string of the molecule is Nc1cccc(OCCNS(=O)(=O)C2CCS(=O)(=O)C2)c1. The van der Waals surface area contributed by atoms with Crippen LogP contribution in [0.25, 0.3) is 0 Å². The molecule has 1 fully saturated rings. The van der Waals surface area contributed by atoms with Crippen LogP contribution in [0.3, 0.4) is 0 Å². The molecule has 0 aromatic heterocycles. The van der Waals surface area contributed by atoms with E-state index in [1.807, 2.05) is 0 Å². The van der Waals surface area contributed by atoms with Crippen molar-refractivity contribution in [3.8, 4) is 5.75 Å². The highest BCUT2D eigenvalue weighted by Crippen LogP contribution is 2.18. The van der Waals surface area contributed by atoms with Crippen LogP contribution in [0.1, 0.15) is 6.42 Å². The van der Waals surface area contributed by atoms with Gasteiger partial charge in [-0.3, -0.25) is 0 Å². The van der Waals surface area contributed by atoms with Gasteiger partial charge >= 0.3 is 0 Å². The molecule has 0 radical (unpaired) electrons. The average molecular weight is 334 g/mol. The Morgan fingerprint density at radius 3 is 2.76 bits per heavy atom. The summed E-state index contributed by atoms with van der Waals surface area (Å²) in [4.78, 5) is 0. The second-order valence-corrected chi connectivity index (χ2v) is 9.16. The highest BCUT2D eigenvalue weighted by atomic mass is 32.2. The summed E-state index contributed by atoms with van der Waals surface area (Å²) in [5.74, 6) is 0.175. The van der Waals surface area contributed by atoms with Crippen LogP contribution in [-0.2, 0) is 19.9 Å². The van der Waals surface area contributed by atoms with Crippen molar-refractivity contribution in [2.24, 2.45) is 0 Å². The molecule has 1 aromatic carbocycles. The summed E-state index contributed by atoms with van der Waals surface area (Å²) in [5.41, 5.74) is 6.15. The molecule has 9 heteroatoms. The van der Waals surface area contributed by atoms with Gasteiger partial charge in [-0.1, -0.05) is 6.07 Å². The number of nitrogens with two attached hydrogens (primary N) is 1. The first-order valence-electron chi connectivity index (χ1n) is 6.46. The van der Waals surface area contributed by atoms with E-state index in [9.17, 15) is 16.8 Å². The van der Waals surface area contributed by atoms with Crippen molar-refractivity contribution < 1.29 is 21.6 Å². The average Bonchev–Trinajstić information content (AvgIpc) is 2.76. The molecule has 0 spiro atoms. The quantitative estimate of drug-likeness (QED) is 0.548. The molecule has 21 heavy (non-hydrogen) atoms. The number of nitrogen functional groups attached to an aromatic ring is 1. The molecule has 0 bridgehead atoms. The summed E-state index contributed by atoms with van der Waals surface area (Å²) in [5, 5.41) is -0.866. The Morgan fingerprint density at radius 2 is 2.14 bits per heavy atom. The zero-order chi connectivity index (χ0) is 15.5. The molecule has 1 unspecified atom stereocenters. The van der Waals surface area contributed by atoms with Crippen molar-refractivity contribution in [1.29, 1.82) is 0 Å². The lowest BCUT2D eigenvalue weighted by Gasteiger charge is -2.12. The van der Waals surface area contributed by atoms with Crippen LogP contribution in [-0.4, -0.2) is 46.7 Å². The first kappa shape index (κ1) is 16.1. The number of sulfone groups is 1. The largest absolute Gasteiger partial charge is 0.492 e. The lowest BCUT2D eigenvalue weighted by atomic mass is 10.3. The number of ether oxygens (including phenoxy) is 1. The molecule has 1 aromatic rings. The van der Waals surface area contributed by atoms with E-state index in [1.165, 1.54) is 0 Å². The summed E-state index contributed by atoms with van der Waals surface area (Å²) < 4.78 is 54.2. The number of anilines is 1. The lowest BCUT2D eigenvalue weighted by Crippen LogP contribution is -2.37. The van der Waals surface area contributed by atoms with Crippen LogP contribution < -0.4 is 15.2 Å². The van der Waals surface area contributed by atoms with Gasteiger partial charge in [0, 0.05) is 18.3 Å². The third-order valence-electron chi connectivity index (χ3n) is 3.16. The van der Waals surface area contributed by atoms with E-state index in [-0.39, 0.29) is 31.1 Å². The Kier molecular flexibility index (Phi) is 4.74. The van der Waals surface area contributed by atoms with Gasteiger partial charge in [-0.15, -0.1) is 0 Å². The Balaban J connectivity index is 1.80. The summed E-state index contributed by atoms with van der Waals surface area (Å²) in [7, 11) is -6.85. The highest BCUT2D eigenvalue weighted by molar-refractivity contribution is 7.95. The highest BCUT2D eigenvalue weighted by Gasteiger charge is 2.36. The Morgan fingerprint density at radius 1 is 1.38 bits per heavy atom. The lowest BCUT2D eigenvalue weighted by molar-refractivity contribution is 0.323. The molecule has 3 N–H and O–H groups in total. The van der Waals surface area contributed by atoms with Crippen LogP contribution >= 0.6 is 0 Å². The molecule has 1 atom stereocenters. The Hall–Kier alpha value is -1.32. The summed E-state index contributed by atoms with van der Waals surface area (Å²) in [6.07, 6.45) is 0.147. The third kappa shape index (κ3) is 4.58. The van der Waals surface area contributed by atoms with Gasteiger partial charge in [0.1, 0.15) is 12.4 Å². The predicted molar refractivity (Wildman–Crippen MR) is 80.3 cm³/mol. The van der Waals surface area contributed by atoms with Gasteiger partial charge in [-0.2, -0.15) is 0 Å². The van der Waals surface area contributed by atoms with E-state index in [2.05, 4.69) is 4.72 Å². The van der Waals surface area contributed by atoms with Gasteiger partial charge in [0.25, 0.3) is 0 Å². The minimum atomic E-state index is -3.63. The molecule has 118 valence electrons. The van der Waals surface area contributed by atoms with Gasteiger partial charge in [0.05, 0.1) is 16.8 Å².